The summed E-state index contributed by atoms with van der Waals surface area (Å²) in [4.78, 5) is 18.7. The molecule has 0 aromatic carbocycles. The molecule has 0 radical (unpaired) electrons. The number of anilines is 1. The number of carbonyl (C=O) groups excluding carboxylic acids is 1. The topological polar surface area (TPSA) is 71.0 Å². The van der Waals surface area contributed by atoms with Crippen molar-refractivity contribution in [3.8, 4) is 0 Å². The molecule has 0 spiro atoms. The molecule has 0 saturated carbocycles. The minimum Gasteiger partial charge on any atom is -0.352 e. The number of hydrogen-bond donors (Lipinski definition) is 1. The minimum absolute atomic E-state index is 0.0282. The van der Waals surface area contributed by atoms with Crippen molar-refractivity contribution in [1.82, 2.24) is 20.5 Å². The second-order valence-electron chi connectivity index (χ2n) is 7.48. The molecule has 0 atom stereocenters. The molecule has 1 aliphatic heterocycles. The Morgan fingerprint density at radius 2 is 2.08 bits per heavy atom. The monoisotopic (exact) mass is 359 g/mol. The van der Waals surface area contributed by atoms with Crippen LogP contribution in [0.2, 0.25) is 0 Å². The van der Waals surface area contributed by atoms with Crippen LogP contribution in [0.5, 0.6) is 0 Å². The number of nitrogens with one attached hydrogen (secondary N) is 1. The lowest BCUT2D eigenvalue weighted by Crippen LogP contribution is -2.40. The molecule has 1 fully saturated rings. The number of hydrogen-bond acceptors (Lipinski definition) is 6. The highest BCUT2D eigenvalue weighted by atomic mass is 32.1. The zero-order valence-electron chi connectivity index (χ0n) is 15.0. The molecule has 3 heterocycles. The van der Waals surface area contributed by atoms with Crippen molar-refractivity contribution < 1.29 is 4.79 Å². The van der Waals surface area contributed by atoms with Crippen molar-refractivity contribution in [1.29, 1.82) is 0 Å². The smallest absolute Gasteiger partial charge is 0.223 e. The molecule has 7 heteroatoms. The van der Waals surface area contributed by atoms with Gasteiger partial charge in [-0.25, -0.2) is 0 Å². The molecule has 134 valence electrons. The second kappa shape index (κ2) is 7.47. The first kappa shape index (κ1) is 17.8. The summed E-state index contributed by atoms with van der Waals surface area (Å²) < 4.78 is 0. The molecular formula is C18H25N5OS. The summed E-state index contributed by atoms with van der Waals surface area (Å²) in [5.41, 5.74) is 1.05. The molecule has 0 bridgehead atoms. The van der Waals surface area contributed by atoms with E-state index in [0.717, 1.165) is 41.6 Å². The Hall–Kier alpha value is -2.02. The van der Waals surface area contributed by atoms with Gasteiger partial charge in [-0.05, 0) is 24.5 Å². The quantitative estimate of drug-likeness (QED) is 0.909. The third-order valence-electron chi connectivity index (χ3n) is 4.38. The van der Waals surface area contributed by atoms with E-state index in [1.807, 2.05) is 12.1 Å². The van der Waals surface area contributed by atoms with Crippen LogP contribution in [-0.4, -0.2) is 34.2 Å². The molecule has 1 N–H and O–H groups in total. The van der Waals surface area contributed by atoms with Gasteiger partial charge in [0, 0.05) is 43.4 Å². The van der Waals surface area contributed by atoms with Crippen LogP contribution in [0.15, 0.2) is 24.5 Å². The van der Waals surface area contributed by atoms with Crippen LogP contribution >= 0.6 is 11.3 Å². The first-order chi connectivity index (χ1) is 11.9. The van der Waals surface area contributed by atoms with Crippen LogP contribution in [0, 0.1) is 5.92 Å². The van der Waals surface area contributed by atoms with Gasteiger partial charge in [-0.15, -0.1) is 10.2 Å². The number of aromatic nitrogens is 3. The molecular weight excluding hydrogens is 334 g/mol. The summed E-state index contributed by atoms with van der Waals surface area (Å²) in [5, 5.41) is 13.7. The van der Waals surface area contributed by atoms with Gasteiger partial charge in [-0.2, -0.15) is 0 Å². The third kappa shape index (κ3) is 4.54. The highest BCUT2D eigenvalue weighted by Crippen LogP contribution is 2.31. The summed E-state index contributed by atoms with van der Waals surface area (Å²) >= 11 is 1.66. The van der Waals surface area contributed by atoms with Gasteiger partial charge >= 0.3 is 0 Å². The van der Waals surface area contributed by atoms with E-state index in [1.54, 1.807) is 23.7 Å². The van der Waals surface area contributed by atoms with Crippen LogP contribution in [0.4, 0.5) is 5.13 Å². The van der Waals surface area contributed by atoms with E-state index in [1.165, 1.54) is 0 Å². The maximum absolute atomic E-state index is 12.4. The molecule has 0 aliphatic carbocycles. The molecule has 0 unspecified atom stereocenters. The fraction of sp³-hybridized carbons (Fsp3) is 0.556. The minimum atomic E-state index is 0.0282. The van der Waals surface area contributed by atoms with Gasteiger partial charge in [0.25, 0.3) is 0 Å². The van der Waals surface area contributed by atoms with Gasteiger partial charge in [-0.3, -0.25) is 9.78 Å². The van der Waals surface area contributed by atoms with Crippen LogP contribution in [0.3, 0.4) is 0 Å². The van der Waals surface area contributed by atoms with Crippen molar-refractivity contribution >= 4 is 22.4 Å². The van der Waals surface area contributed by atoms with Gasteiger partial charge < -0.3 is 10.2 Å². The van der Waals surface area contributed by atoms with Crippen molar-refractivity contribution in [2.45, 2.75) is 45.6 Å². The molecule has 2 aromatic rings. The summed E-state index contributed by atoms with van der Waals surface area (Å²) in [6, 6.07) is 3.85. The van der Waals surface area contributed by atoms with E-state index in [9.17, 15) is 4.79 Å². The van der Waals surface area contributed by atoms with Crippen LogP contribution in [0.1, 0.15) is 44.2 Å². The number of nitrogens with zero attached hydrogens (tertiary/aromatic N) is 4. The summed E-state index contributed by atoms with van der Waals surface area (Å²) in [6.07, 6.45) is 5.22. The molecule has 6 nitrogen and oxygen atoms in total. The van der Waals surface area contributed by atoms with E-state index in [2.05, 4.69) is 46.2 Å². The van der Waals surface area contributed by atoms with Crippen molar-refractivity contribution in [3.63, 3.8) is 0 Å². The number of rotatable bonds is 4. The zero-order valence-corrected chi connectivity index (χ0v) is 15.8. The lowest BCUT2D eigenvalue weighted by Gasteiger charge is -2.30. The number of piperidine rings is 1. The lowest BCUT2D eigenvalue weighted by molar-refractivity contribution is -0.125. The third-order valence-corrected chi connectivity index (χ3v) is 5.79. The van der Waals surface area contributed by atoms with E-state index in [-0.39, 0.29) is 17.2 Å². The normalized spacial score (nSPS) is 16.0. The summed E-state index contributed by atoms with van der Waals surface area (Å²) in [6.45, 7) is 8.69. The first-order valence-corrected chi connectivity index (χ1v) is 9.50. The second-order valence-corrected chi connectivity index (χ2v) is 8.44. The highest BCUT2D eigenvalue weighted by Gasteiger charge is 2.27. The largest absolute Gasteiger partial charge is 0.352 e. The van der Waals surface area contributed by atoms with Crippen LogP contribution in [0.25, 0.3) is 0 Å². The molecule has 1 aliphatic rings. The van der Waals surface area contributed by atoms with E-state index >= 15 is 0 Å². The molecule has 3 rings (SSSR count). The average molecular weight is 359 g/mol. The maximum Gasteiger partial charge on any atom is 0.223 e. The Morgan fingerprint density at radius 1 is 1.32 bits per heavy atom. The Labute approximate surface area is 152 Å². The van der Waals surface area contributed by atoms with Crippen molar-refractivity contribution in [3.05, 3.63) is 35.1 Å². The van der Waals surface area contributed by atoms with E-state index in [4.69, 9.17) is 0 Å². The van der Waals surface area contributed by atoms with Gasteiger partial charge in [0.2, 0.25) is 11.0 Å². The van der Waals surface area contributed by atoms with Crippen LogP contribution in [-0.2, 0) is 16.8 Å². The lowest BCUT2D eigenvalue weighted by atomic mass is 9.96. The van der Waals surface area contributed by atoms with Crippen molar-refractivity contribution in [2.75, 3.05) is 18.0 Å². The molecule has 1 saturated heterocycles. The van der Waals surface area contributed by atoms with Crippen molar-refractivity contribution in [2.24, 2.45) is 5.92 Å². The highest BCUT2D eigenvalue weighted by molar-refractivity contribution is 7.15. The number of pyridine rings is 1. The molecule has 2 aromatic heterocycles. The average Bonchev–Trinajstić information content (AvgIpc) is 3.11. The fourth-order valence-corrected chi connectivity index (χ4v) is 3.77. The van der Waals surface area contributed by atoms with Crippen LogP contribution < -0.4 is 10.2 Å². The Kier molecular flexibility index (Phi) is 5.32. The Morgan fingerprint density at radius 3 is 2.68 bits per heavy atom. The molecule has 25 heavy (non-hydrogen) atoms. The summed E-state index contributed by atoms with van der Waals surface area (Å²) in [7, 11) is 0. The van der Waals surface area contributed by atoms with Gasteiger partial charge in [0.1, 0.15) is 5.01 Å². The van der Waals surface area contributed by atoms with Gasteiger partial charge in [0.15, 0.2) is 0 Å². The number of amides is 1. The Bertz CT molecular complexity index is 702. The zero-order chi connectivity index (χ0) is 17.9. The maximum atomic E-state index is 12.4. The fourth-order valence-electron chi connectivity index (χ4n) is 2.82. The first-order valence-electron chi connectivity index (χ1n) is 8.69. The SMILES string of the molecule is CC(C)(C)c1nnc(N2CCC(C(=O)NCc3cccnc3)CC2)s1. The van der Waals surface area contributed by atoms with E-state index < -0.39 is 0 Å². The Balaban J connectivity index is 1.50. The van der Waals surface area contributed by atoms with E-state index in [0.29, 0.717) is 6.54 Å². The molecule has 1 amide bonds. The summed E-state index contributed by atoms with van der Waals surface area (Å²) in [5.74, 6) is 0.207. The van der Waals surface area contributed by atoms with Gasteiger partial charge in [0.05, 0.1) is 0 Å². The van der Waals surface area contributed by atoms with Gasteiger partial charge in [-0.1, -0.05) is 38.2 Å². The predicted octanol–water partition coefficient (Wildman–Crippen LogP) is 2.76. The standard InChI is InChI=1S/C18H25N5OS/c1-18(2,3)16-21-22-17(25-16)23-9-6-14(7-10-23)15(24)20-12-13-5-4-8-19-11-13/h4-5,8,11,14H,6-7,9-10,12H2,1-3H3,(H,20,24). The predicted molar refractivity (Wildman–Crippen MR) is 99.6 cm³/mol. The number of carbonyl (C=O) groups is 1.